The molecule has 4 atom stereocenters. The number of rotatable bonds is 6. The molecule has 69 heavy (non-hydrogen) atoms. The number of nitrogens with zero attached hydrogens (tertiary/aromatic N) is 4. The minimum atomic E-state index is -0.235. The molecule has 9 aromatic carbocycles. The van der Waals surface area contributed by atoms with Gasteiger partial charge in [-0.25, -0.2) is 9.97 Å². The standard InChI is InChI=1S/C62H40N4O2S/c1-4-14-37(15-5-1)50-36-51(38-16-6-2-7-17-38)64-62(63-50)66-53-29-25-40(35-49(53)61-59(66)45-21-11-13-23-55(45)68-61)42-27-31-57-47(33-42)46-32-41(26-30-56(46)69-57)39-24-28-52-48(34-39)60-58(44-20-10-12-22-54(44)67-60)65(52)43-18-8-3-9-19-43/h1-36,58-61H. The maximum Gasteiger partial charge on any atom is 0.231 e. The summed E-state index contributed by atoms with van der Waals surface area (Å²) in [5.74, 6) is 2.51. The summed E-state index contributed by atoms with van der Waals surface area (Å²) >= 11 is 1.85. The summed E-state index contributed by atoms with van der Waals surface area (Å²) in [6.45, 7) is 0. The van der Waals surface area contributed by atoms with Crippen LogP contribution < -0.4 is 19.3 Å². The highest BCUT2D eigenvalue weighted by Gasteiger charge is 2.49. The zero-order valence-electron chi connectivity index (χ0n) is 37.1. The molecule has 0 radical (unpaired) electrons. The van der Waals surface area contributed by atoms with Crippen molar-refractivity contribution in [1.29, 1.82) is 0 Å². The number of anilines is 4. The first-order chi connectivity index (χ1) is 34.2. The summed E-state index contributed by atoms with van der Waals surface area (Å²) in [5.41, 5.74) is 16.6. The van der Waals surface area contributed by atoms with Crippen LogP contribution in [0, 0.1) is 0 Å². The molecular formula is C62H40N4O2S. The Morgan fingerprint density at radius 2 is 0.797 bits per heavy atom. The summed E-state index contributed by atoms with van der Waals surface area (Å²) in [5, 5.41) is 2.51. The van der Waals surface area contributed by atoms with Gasteiger partial charge in [0.25, 0.3) is 0 Å². The summed E-state index contributed by atoms with van der Waals surface area (Å²) < 4.78 is 16.2. The molecule has 15 rings (SSSR count). The van der Waals surface area contributed by atoms with Crippen molar-refractivity contribution in [2.75, 3.05) is 9.80 Å². The molecule has 0 saturated carbocycles. The molecule has 0 spiro atoms. The van der Waals surface area contributed by atoms with Gasteiger partial charge in [0.2, 0.25) is 5.95 Å². The third-order valence-corrected chi connectivity index (χ3v) is 15.7. The Labute approximate surface area is 403 Å². The molecule has 0 bridgehead atoms. The van der Waals surface area contributed by atoms with E-state index in [0.717, 1.165) is 62.0 Å². The van der Waals surface area contributed by atoms with Gasteiger partial charge < -0.3 is 14.4 Å². The Hall–Kier alpha value is -8.52. The van der Waals surface area contributed by atoms with Gasteiger partial charge in [-0.1, -0.05) is 140 Å². The number of hydrogen-bond acceptors (Lipinski definition) is 7. The maximum atomic E-state index is 6.89. The molecule has 6 heterocycles. The van der Waals surface area contributed by atoms with Crippen molar-refractivity contribution >= 4 is 54.5 Å². The second-order valence-electron chi connectivity index (χ2n) is 18.4. The molecule has 0 fully saturated rings. The van der Waals surface area contributed by atoms with Crippen molar-refractivity contribution in [3.8, 4) is 56.3 Å². The first-order valence-corrected chi connectivity index (χ1v) is 24.4. The number of para-hydroxylation sites is 3. The van der Waals surface area contributed by atoms with E-state index in [2.05, 4.69) is 216 Å². The second kappa shape index (κ2) is 15.0. The Balaban J connectivity index is 0.820. The lowest BCUT2D eigenvalue weighted by atomic mass is 9.96. The highest BCUT2D eigenvalue weighted by molar-refractivity contribution is 7.25. The number of fused-ring (bicyclic) bond motifs is 13. The number of benzene rings is 9. The summed E-state index contributed by atoms with van der Waals surface area (Å²) in [6, 6.07) is 78.1. The Morgan fingerprint density at radius 1 is 0.362 bits per heavy atom. The predicted octanol–water partition coefficient (Wildman–Crippen LogP) is 16.2. The van der Waals surface area contributed by atoms with E-state index in [1.807, 2.05) is 23.5 Å². The van der Waals surface area contributed by atoms with Crippen molar-refractivity contribution in [3.63, 3.8) is 0 Å². The lowest BCUT2D eigenvalue weighted by Crippen LogP contribution is -2.22. The van der Waals surface area contributed by atoms with Gasteiger partial charge in [-0.15, -0.1) is 11.3 Å². The first-order valence-electron chi connectivity index (χ1n) is 23.6. The second-order valence-corrected chi connectivity index (χ2v) is 19.4. The highest BCUT2D eigenvalue weighted by atomic mass is 32.1. The quantitative estimate of drug-likeness (QED) is 0.166. The smallest absolute Gasteiger partial charge is 0.231 e. The van der Waals surface area contributed by atoms with Gasteiger partial charge in [0.15, 0.2) is 12.2 Å². The van der Waals surface area contributed by atoms with Gasteiger partial charge in [-0.3, -0.25) is 4.90 Å². The zero-order chi connectivity index (χ0) is 45.2. The van der Waals surface area contributed by atoms with Crippen LogP contribution in [0.4, 0.5) is 23.0 Å². The third-order valence-electron chi connectivity index (χ3n) is 14.5. The number of thiophene rings is 1. The summed E-state index contributed by atoms with van der Waals surface area (Å²) in [7, 11) is 0. The van der Waals surface area contributed by atoms with Crippen LogP contribution >= 0.6 is 11.3 Å². The monoisotopic (exact) mass is 904 g/mol. The van der Waals surface area contributed by atoms with Gasteiger partial charge in [0, 0.05) is 64.9 Å². The fourth-order valence-corrected chi connectivity index (χ4v) is 12.5. The van der Waals surface area contributed by atoms with E-state index in [4.69, 9.17) is 19.4 Å². The van der Waals surface area contributed by atoms with E-state index in [1.165, 1.54) is 53.8 Å². The highest BCUT2D eigenvalue weighted by Crippen LogP contribution is 2.60. The van der Waals surface area contributed by atoms with E-state index < -0.39 is 0 Å². The molecule has 11 aromatic rings. The van der Waals surface area contributed by atoms with E-state index in [1.54, 1.807) is 0 Å². The number of aromatic nitrogens is 2. The lowest BCUT2D eigenvalue weighted by molar-refractivity contribution is 0.223. The molecule has 326 valence electrons. The van der Waals surface area contributed by atoms with E-state index >= 15 is 0 Å². The van der Waals surface area contributed by atoms with Crippen molar-refractivity contribution < 1.29 is 9.47 Å². The zero-order valence-corrected chi connectivity index (χ0v) is 37.9. The lowest BCUT2D eigenvalue weighted by Gasteiger charge is -2.26. The summed E-state index contributed by atoms with van der Waals surface area (Å²) in [6.07, 6.45) is -0.330. The van der Waals surface area contributed by atoms with Gasteiger partial charge in [0.1, 0.15) is 23.6 Å². The van der Waals surface area contributed by atoms with Crippen molar-refractivity contribution in [3.05, 3.63) is 241 Å². The Morgan fingerprint density at radius 3 is 1.33 bits per heavy atom. The van der Waals surface area contributed by atoms with Gasteiger partial charge in [0.05, 0.1) is 17.1 Å². The van der Waals surface area contributed by atoms with Crippen LogP contribution in [0.3, 0.4) is 0 Å². The van der Waals surface area contributed by atoms with Crippen molar-refractivity contribution in [2.45, 2.75) is 24.3 Å². The van der Waals surface area contributed by atoms with Gasteiger partial charge >= 0.3 is 0 Å². The average molecular weight is 905 g/mol. The minimum absolute atomic E-state index is 0.0750. The van der Waals surface area contributed by atoms with Crippen LogP contribution in [0.5, 0.6) is 11.5 Å². The van der Waals surface area contributed by atoms with Crippen LogP contribution in [0.15, 0.2) is 218 Å². The van der Waals surface area contributed by atoms with Crippen LogP contribution in [0.2, 0.25) is 0 Å². The van der Waals surface area contributed by atoms with Gasteiger partial charge in [-0.05, 0) is 101 Å². The molecule has 4 aliphatic rings. The molecule has 7 heteroatoms. The Bertz CT molecular complexity index is 3800. The SMILES string of the molecule is c1ccc(-c2cc(-c3ccccc3)nc(N3c4ccc(-c5ccc6sc7ccc(-c8ccc9c(c8)C8Oc%10ccccc%10C8N9c8ccccc8)cc7c6c5)cc4C4Oc5ccccc5C43)n2)cc1. The molecule has 0 amide bonds. The number of hydrogen-bond donors (Lipinski definition) is 0. The summed E-state index contributed by atoms with van der Waals surface area (Å²) in [4.78, 5) is 15.4. The van der Waals surface area contributed by atoms with Crippen LogP contribution in [-0.4, -0.2) is 9.97 Å². The predicted molar refractivity (Wildman–Crippen MR) is 279 cm³/mol. The van der Waals surface area contributed by atoms with Crippen molar-refractivity contribution in [2.24, 2.45) is 0 Å². The Kier molecular flexibility index (Phi) is 8.38. The van der Waals surface area contributed by atoms with Gasteiger partial charge in [-0.2, -0.15) is 0 Å². The van der Waals surface area contributed by atoms with Crippen LogP contribution in [0.25, 0.3) is 64.9 Å². The largest absolute Gasteiger partial charge is 0.483 e. The normalized spacial score (nSPS) is 18.0. The third kappa shape index (κ3) is 5.97. The molecule has 0 saturated heterocycles. The molecule has 0 aliphatic carbocycles. The van der Waals surface area contributed by atoms with E-state index in [9.17, 15) is 0 Å². The molecule has 2 aromatic heterocycles. The molecule has 0 N–H and O–H groups in total. The molecule has 4 aliphatic heterocycles. The van der Waals surface area contributed by atoms with E-state index in [-0.39, 0.29) is 24.3 Å². The first kappa shape index (κ1) is 38.6. The molecule has 4 unspecified atom stereocenters. The van der Waals surface area contributed by atoms with Crippen molar-refractivity contribution in [1.82, 2.24) is 9.97 Å². The maximum absolute atomic E-state index is 6.89. The van der Waals surface area contributed by atoms with Crippen LogP contribution in [-0.2, 0) is 0 Å². The fraction of sp³-hybridized carbons (Fsp3) is 0.0645. The fourth-order valence-electron chi connectivity index (χ4n) is 11.4. The molecular weight excluding hydrogens is 865 g/mol. The topological polar surface area (TPSA) is 50.7 Å². The molecule has 6 nitrogen and oxygen atoms in total. The number of ether oxygens (including phenoxy) is 2. The van der Waals surface area contributed by atoms with Crippen LogP contribution in [0.1, 0.15) is 46.5 Å². The van der Waals surface area contributed by atoms with E-state index in [0.29, 0.717) is 5.95 Å². The average Bonchev–Trinajstić information content (AvgIpc) is 4.23. The minimum Gasteiger partial charge on any atom is -0.483 e.